The lowest BCUT2D eigenvalue weighted by molar-refractivity contribution is 0.686. The van der Waals surface area contributed by atoms with Gasteiger partial charge in [0.1, 0.15) is 0 Å². The maximum Gasteiger partial charge on any atom is 0.191 e. The number of benzene rings is 1. The molecule has 4 nitrogen and oxygen atoms in total. The topological polar surface area (TPSA) is 53.5 Å². The molecule has 0 fully saturated rings. The lowest BCUT2D eigenvalue weighted by atomic mass is 10.1. The predicted octanol–water partition coefficient (Wildman–Crippen LogP) is 1.62. The van der Waals surface area contributed by atoms with Crippen LogP contribution in [-0.4, -0.2) is 29.5 Å². The van der Waals surface area contributed by atoms with Gasteiger partial charge >= 0.3 is 0 Å². The van der Waals surface area contributed by atoms with Crippen LogP contribution >= 0.6 is 24.0 Å². The fourth-order valence-corrected chi connectivity index (χ4v) is 2.49. The van der Waals surface area contributed by atoms with Crippen LogP contribution in [0.5, 0.6) is 0 Å². The minimum absolute atomic E-state index is 0. The molecule has 1 aliphatic rings. The molecule has 1 atom stereocenters. The molecule has 1 aliphatic heterocycles. The van der Waals surface area contributed by atoms with Crippen LogP contribution in [0.15, 0.2) is 29.3 Å². The van der Waals surface area contributed by atoms with Gasteiger partial charge in [-0.15, -0.1) is 24.0 Å². The van der Waals surface area contributed by atoms with Crippen LogP contribution in [-0.2, 0) is 23.1 Å². The van der Waals surface area contributed by atoms with Gasteiger partial charge in [0.25, 0.3) is 0 Å². The van der Waals surface area contributed by atoms with E-state index in [9.17, 15) is 4.21 Å². The van der Waals surface area contributed by atoms with Crippen molar-refractivity contribution in [2.75, 3.05) is 19.3 Å². The summed E-state index contributed by atoms with van der Waals surface area (Å²) in [6, 6.07) is 8.21. The lowest BCUT2D eigenvalue weighted by Gasteiger charge is -2.16. The Balaban J connectivity index is 0.00000180. The second-order valence-corrected chi connectivity index (χ2v) is 5.83. The molecule has 6 heteroatoms. The van der Waals surface area contributed by atoms with Crippen LogP contribution in [0.2, 0.25) is 0 Å². The molecule has 0 bridgehead atoms. The van der Waals surface area contributed by atoms with Crippen LogP contribution < -0.4 is 10.6 Å². The van der Waals surface area contributed by atoms with E-state index in [0.717, 1.165) is 37.6 Å². The predicted molar refractivity (Wildman–Crippen MR) is 91.4 cm³/mol. The van der Waals surface area contributed by atoms with E-state index in [1.807, 2.05) is 12.1 Å². The molecular formula is C13H20IN3OS. The van der Waals surface area contributed by atoms with Crippen LogP contribution in [0, 0.1) is 0 Å². The van der Waals surface area contributed by atoms with E-state index < -0.39 is 10.8 Å². The summed E-state index contributed by atoms with van der Waals surface area (Å²) in [5.41, 5.74) is 2.32. The SMILES string of the molecule is CS(=O)Cc1ccc(CNC2=NCCCN2)cc1.I. The third-order valence-corrected chi connectivity index (χ3v) is 3.49. The third kappa shape index (κ3) is 5.90. The number of rotatable bonds is 4. The van der Waals surface area contributed by atoms with Crippen LogP contribution in [0.3, 0.4) is 0 Å². The molecule has 0 saturated heterocycles. The van der Waals surface area contributed by atoms with Gasteiger partial charge in [-0.1, -0.05) is 24.3 Å². The van der Waals surface area contributed by atoms with Gasteiger partial charge in [0.2, 0.25) is 0 Å². The first kappa shape index (κ1) is 16.4. The van der Waals surface area contributed by atoms with Crippen LogP contribution in [0.1, 0.15) is 17.5 Å². The first-order valence-electron chi connectivity index (χ1n) is 6.14. The number of hydrogen-bond donors (Lipinski definition) is 2. The van der Waals surface area contributed by atoms with Crippen molar-refractivity contribution in [2.24, 2.45) is 4.99 Å². The molecule has 106 valence electrons. The van der Waals surface area contributed by atoms with Crippen molar-refractivity contribution in [3.8, 4) is 0 Å². The summed E-state index contributed by atoms with van der Waals surface area (Å²) in [7, 11) is -0.775. The summed E-state index contributed by atoms with van der Waals surface area (Å²) in [6.45, 7) is 2.66. The summed E-state index contributed by atoms with van der Waals surface area (Å²) in [4.78, 5) is 4.36. The van der Waals surface area contributed by atoms with Gasteiger partial charge in [-0.25, -0.2) is 0 Å². The minimum Gasteiger partial charge on any atom is -0.356 e. The van der Waals surface area contributed by atoms with Gasteiger partial charge in [-0.2, -0.15) is 0 Å². The van der Waals surface area contributed by atoms with Crippen molar-refractivity contribution in [3.05, 3.63) is 35.4 Å². The van der Waals surface area contributed by atoms with E-state index in [0.29, 0.717) is 5.75 Å². The second-order valence-electron chi connectivity index (χ2n) is 4.40. The minimum atomic E-state index is -0.775. The smallest absolute Gasteiger partial charge is 0.191 e. The van der Waals surface area contributed by atoms with Crippen molar-refractivity contribution < 1.29 is 4.21 Å². The van der Waals surface area contributed by atoms with Gasteiger partial charge in [-0.05, 0) is 17.5 Å². The Bertz CT molecular complexity index is 448. The highest BCUT2D eigenvalue weighted by molar-refractivity contribution is 14.0. The molecule has 0 radical (unpaired) electrons. The Labute approximate surface area is 133 Å². The zero-order valence-corrected chi connectivity index (χ0v) is 14.2. The molecule has 0 aliphatic carbocycles. The lowest BCUT2D eigenvalue weighted by Crippen LogP contribution is -2.40. The molecular weight excluding hydrogens is 373 g/mol. The summed E-state index contributed by atoms with van der Waals surface area (Å²) >= 11 is 0. The number of halogens is 1. The van der Waals surface area contributed by atoms with E-state index in [2.05, 4.69) is 27.8 Å². The first-order valence-corrected chi connectivity index (χ1v) is 7.87. The molecule has 0 aromatic heterocycles. The summed E-state index contributed by atoms with van der Waals surface area (Å²) in [5.74, 6) is 1.52. The van der Waals surface area contributed by atoms with Crippen molar-refractivity contribution in [3.63, 3.8) is 0 Å². The van der Waals surface area contributed by atoms with Crippen LogP contribution in [0.25, 0.3) is 0 Å². The third-order valence-electron chi connectivity index (χ3n) is 2.75. The highest BCUT2D eigenvalue weighted by Crippen LogP contribution is 2.06. The van der Waals surface area contributed by atoms with E-state index in [1.54, 1.807) is 6.26 Å². The van der Waals surface area contributed by atoms with Gasteiger partial charge < -0.3 is 10.6 Å². The highest BCUT2D eigenvalue weighted by Gasteiger charge is 2.03. The summed E-state index contributed by atoms with van der Waals surface area (Å²) in [5, 5.41) is 6.50. The molecule has 0 saturated carbocycles. The molecule has 1 aromatic rings. The largest absolute Gasteiger partial charge is 0.356 e. The van der Waals surface area contributed by atoms with E-state index >= 15 is 0 Å². The molecule has 0 spiro atoms. The number of nitrogens with one attached hydrogen (secondary N) is 2. The van der Waals surface area contributed by atoms with E-state index in [4.69, 9.17) is 0 Å². The number of nitrogens with zero attached hydrogens (tertiary/aromatic N) is 1. The molecule has 2 rings (SSSR count). The van der Waals surface area contributed by atoms with Crippen molar-refractivity contribution in [2.45, 2.75) is 18.7 Å². The quantitative estimate of drug-likeness (QED) is 0.765. The summed E-state index contributed by atoms with van der Waals surface area (Å²) < 4.78 is 11.1. The van der Waals surface area contributed by atoms with E-state index in [-0.39, 0.29) is 24.0 Å². The molecule has 19 heavy (non-hydrogen) atoms. The number of hydrogen-bond acceptors (Lipinski definition) is 4. The zero-order valence-electron chi connectivity index (χ0n) is 11.0. The Kier molecular flexibility index (Phi) is 7.37. The zero-order chi connectivity index (χ0) is 12.8. The molecule has 1 aromatic carbocycles. The fraction of sp³-hybridized carbons (Fsp3) is 0.462. The Morgan fingerprint density at radius 1 is 1.32 bits per heavy atom. The van der Waals surface area contributed by atoms with E-state index in [1.165, 1.54) is 5.56 Å². The number of guanidine groups is 1. The maximum absolute atomic E-state index is 11.1. The molecule has 1 heterocycles. The Morgan fingerprint density at radius 2 is 2.00 bits per heavy atom. The standard InChI is InChI=1S/C13H19N3OS.HI/c1-18(17)10-12-5-3-11(4-6-12)9-16-13-14-7-2-8-15-13;/h3-6H,2,7-10H2,1H3,(H2,14,15,16);1H. The Morgan fingerprint density at radius 3 is 2.58 bits per heavy atom. The van der Waals surface area contributed by atoms with Crippen molar-refractivity contribution >= 4 is 40.7 Å². The van der Waals surface area contributed by atoms with Gasteiger partial charge in [0, 0.05) is 42.4 Å². The number of aliphatic imine (C=N–C) groups is 1. The monoisotopic (exact) mass is 393 g/mol. The normalized spacial score (nSPS) is 15.7. The fourth-order valence-electron chi connectivity index (χ4n) is 1.82. The molecule has 0 amide bonds. The van der Waals surface area contributed by atoms with Crippen LogP contribution in [0.4, 0.5) is 0 Å². The first-order chi connectivity index (χ1) is 8.74. The average molecular weight is 393 g/mol. The highest BCUT2D eigenvalue weighted by atomic mass is 127. The molecule has 2 N–H and O–H groups in total. The average Bonchev–Trinajstić information content (AvgIpc) is 2.38. The Hall–Kier alpha value is -0.630. The van der Waals surface area contributed by atoms with Crippen molar-refractivity contribution in [1.29, 1.82) is 0 Å². The van der Waals surface area contributed by atoms with Gasteiger partial charge in [0.05, 0.1) is 0 Å². The van der Waals surface area contributed by atoms with Gasteiger partial charge in [0.15, 0.2) is 5.96 Å². The summed E-state index contributed by atoms with van der Waals surface area (Å²) in [6.07, 6.45) is 2.83. The second kappa shape index (κ2) is 8.52. The van der Waals surface area contributed by atoms with Gasteiger partial charge in [-0.3, -0.25) is 9.20 Å². The maximum atomic E-state index is 11.1. The molecule has 1 unspecified atom stereocenters. The van der Waals surface area contributed by atoms with Crippen molar-refractivity contribution in [1.82, 2.24) is 10.6 Å².